The molecule has 2 aromatic rings. The lowest BCUT2D eigenvalue weighted by Gasteiger charge is -2.15. The van der Waals surface area contributed by atoms with Crippen molar-refractivity contribution in [3.8, 4) is 35.2 Å². The highest BCUT2D eigenvalue weighted by Crippen LogP contribution is 2.31. The van der Waals surface area contributed by atoms with E-state index in [1.807, 2.05) is 0 Å². The minimum absolute atomic E-state index is 0.0221. The van der Waals surface area contributed by atoms with Crippen LogP contribution in [0.15, 0.2) is 24.4 Å². The van der Waals surface area contributed by atoms with Gasteiger partial charge in [-0.25, -0.2) is 9.97 Å². The summed E-state index contributed by atoms with van der Waals surface area (Å²) < 4.78 is 50.8. The van der Waals surface area contributed by atoms with Crippen molar-refractivity contribution in [3.05, 3.63) is 41.2 Å². The summed E-state index contributed by atoms with van der Waals surface area (Å²) in [5.41, 5.74) is -0.953. The van der Waals surface area contributed by atoms with Gasteiger partial charge in [0.2, 0.25) is 5.95 Å². The molecule has 0 bridgehead atoms. The summed E-state index contributed by atoms with van der Waals surface area (Å²) in [6, 6.07) is 4.88. The van der Waals surface area contributed by atoms with Crippen LogP contribution in [0.25, 0.3) is 0 Å². The fraction of sp³-hybridized carbons (Fsp3) is 0.391. The van der Waals surface area contributed by atoms with Crippen molar-refractivity contribution >= 4 is 5.95 Å². The van der Waals surface area contributed by atoms with Gasteiger partial charge < -0.3 is 14.8 Å². The number of nitrogens with one attached hydrogen (secondary N) is 1. The second kappa shape index (κ2) is 10.3. The summed E-state index contributed by atoms with van der Waals surface area (Å²) in [7, 11) is 2.96. The lowest BCUT2D eigenvalue weighted by Crippen LogP contribution is -2.27. The molecule has 3 rings (SSSR count). The lowest BCUT2D eigenvalue weighted by atomic mass is 10.1. The van der Waals surface area contributed by atoms with E-state index >= 15 is 0 Å². The number of rotatable bonds is 5. The number of likely N-dealkylation sites (tertiary alicyclic amines) is 1. The summed E-state index contributed by atoms with van der Waals surface area (Å²) in [5, 5.41) is 3.11. The van der Waals surface area contributed by atoms with Crippen LogP contribution in [0.3, 0.4) is 0 Å². The van der Waals surface area contributed by atoms with Crippen molar-refractivity contribution in [2.24, 2.45) is 0 Å². The van der Waals surface area contributed by atoms with Crippen LogP contribution in [0.5, 0.6) is 11.5 Å². The molecule has 0 unspecified atom stereocenters. The van der Waals surface area contributed by atoms with Crippen LogP contribution in [0, 0.1) is 23.7 Å². The van der Waals surface area contributed by atoms with E-state index in [-0.39, 0.29) is 12.0 Å². The summed E-state index contributed by atoms with van der Waals surface area (Å²) in [6.45, 7) is 4.00. The van der Waals surface area contributed by atoms with Gasteiger partial charge >= 0.3 is 6.18 Å². The highest BCUT2D eigenvalue weighted by molar-refractivity contribution is 5.50. The van der Waals surface area contributed by atoms with E-state index in [0.29, 0.717) is 30.2 Å². The number of benzene rings is 1. The Morgan fingerprint density at radius 1 is 1.16 bits per heavy atom. The molecule has 0 aliphatic carbocycles. The number of aromatic nitrogens is 2. The fourth-order valence-corrected chi connectivity index (χ4v) is 3.23. The quantitative estimate of drug-likeness (QED) is 0.714. The average molecular weight is 444 g/mol. The van der Waals surface area contributed by atoms with Gasteiger partial charge in [0.15, 0.2) is 0 Å². The molecule has 1 aliphatic rings. The summed E-state index contributed by atoms with van der Waals surface area (Å²) in [5.74, 6) is 12.2. The Hall–Kier alpha value is -3.43. The van der Waals surface area contributed by atoms with Crippen molar-refractivity contribution < 1.29 is 22.6 Å². The first-order valence-corrected chi connectivity index (χ1v) is 9.90. The third-order valence-electron chi connectivity index (χ3n) is 4.86. The molecule has 1 aromatic heterocycles. The maximum Gasteiger partial charge on any atom is 0.420 e. The molecule has 1 N–H and O–H groups in total. The third-order valence-corrected chi connectivity index (χ3v) is 4.86. The second-order valence-electron chi connectivity index (χ2n) is 7.10. The number of anilines is 1. The van der Waals surface area contributed by atoms with Gasteiger partial charge in [0.05, 0.1) is 20.8 Å². The van der Waals surface area contributed by atoms with Gasteiger partial charge in [-0.3, -0.25) is 4.90 Å². The molecule has 1 fully saturated rings. The molecule has 9 heteroatoms. The van der Waals surface area contributed by atoms with Crippen LogP contribution in [0.4, 0.5) is 19.1 Å². The number of nitrogens with zero attached hydrogens (tertiary/aromatic N) is 3. The zero-order valence-electron chi connectivity index (χ0n) is 18.0. The molecule has 1 atom stereocenters. The molecule has 0 saturated carbocycles. The van der Waals surface area contributed by atoms with E-state index in [2.05, 4.69) is 43.9 Å². The minimum atomic E-state index is -4.63. The molecule has 0 amide bonds. The van der Waals surface area contributed by atoms with Crippen LogP contribution in [-0.4, -0.2) is 54.8 Å². The van der Waals surface area contributed by atoms with E-state index in [9.17, 15) is 13.2 Å². The first-order chi connectivity index (χ1) is 15.3. The van der Waals surface area contributed by atoms with Gasteiger partial charge in [-0.1, -0.05) is 11.8 Å². The van der Waals surface area contributed by atoms with E-state index in [1.165, 1.54) is 14.2 Å². The third kappa shape index (κ3) is 6.05. The monoisotopic (exact) mass is 444 g/mol. The number of halogens is 3. The number of alkyl halides is 3. The molecular weight excluding hydrogens is 421 g/mol. The normalized spacial score (nSPS) is 15.9. The Morgan fingerprint density at radius 2 is 1.88 bits per heavy atom. The van der Waals surface area contributed by atoms with Gasteiger partial charge in [-0.15, -0.1) is 5.92 Å². The van der Waals surface area contributed by atoms with Crippen LogP contribution in [-0.2, 0) is 6.18 Å². The Balaban J connectivity index is 1.87. The van der Waals surface area contributed by atoms with Crippen molar-refractivity contribution in [2.75, 3.05) is 39.2 Å². The fourth-order valence-electron chi connectivity index (χ4n) is 3.23. The van der Waals surface area contributed by atoms with Crippen LogP contribution >= 0.6 is 0 Å². The highest BCUT2D eigenvalue weighted by atomic mass is 19.4. The SMILES string of the molecule is CC#CCN1CC[C@H](Nc2ncc(C(F)(F)F)c(C#Cc3cc(OC)cc(OC)c3)n2)C1. The summed E-state index contributed by atoms with van der Waals surface area (Å²) in [4.78, 5) is 10.1. The maximum atomic E-state index is 13.5. The lowest BCUT2D eigenvalue weighted by molar-refractivity contribution is -0.138. The molecule has 6 nitrogen and oxygen atoms in total. The van der Waals surface area contributed by atoms with Crippen molar-refractivity contribution in [1.82, 2.24) is 14.9 Å². The average Bonchev–Trinajstić information content (AvgIpc) is 3.22. The van der Waals surface area contributed by atoms with Gasteiger partial charge in [-0.2, -0.15) is 13.2 Å². The maximum absolute atomic E-state index is 13.5. The van der Waals surface area contributed by atoms with Gasteiger partial charge in [0, 0.05) is 37.0 Å². The van der Waals surface area contributed by atoms with E-state index in [0.717, 1.165) is 19.2 Å². The van der Waals surface area contributed by atoms with Crippen LogP contribution in [0.2, 0.25) is 0 Å². The molecule has 0 spiro atoms. The van der Waals surface area contributed by atoms with Crippen LogP contribution < -0.4 is 14.8 Å². The van der Waals surface area contributed by atoms with Gasteiger partial charge in [0.1, 0.15) is 22.8 Å². The summed E-state index contributed by atoms with van der Waals surface area (Å²) in [6.07, 6.45) is -3.04. The topological polar surface area (TPSA) is 59.5 Å². The zero-order valence-corrected chi connectivity index (χ0v) is 18.0. The minimum Gasteiger partial charge on any atom is -0.497 e. The predicted octanol–water partition coefficient (Wildman–Crippen LogP) is 3.42. The van der Waals surface area contributed by atoms with Gasteiger partial charge in [-0.05, 0) is 31.4 Å². The molecule has 32 heavy (non-hydrogen) atoms. The summed E-state index contributed by atoms with van der Waals surface area (Å²) >= 11 is 0. The van der Waals surface area contributed by atoms with E-state index < -0.39 is 17.4 Å². The largest absolute Gasteiger partial charge is 0.497 e. The second-order valence-corrected chi connectivity index (χ2v) is 7.10. The van der Waals surface area contributed by atoms with Crippen molar-refractivity contribution in [1.29, 1.82) is 0 Å². The first-order valence-electron chi connectivity index (χ1n) is 9.90. The molecular formula is C23H23F3N4O2. The molecule has 1 saturated heterocycles. The standard InChI is InChI=1S/C23H23F3N4O2/c1-4-5-9-30-10-8-17(15-30)28-22-27-14-20(23(24,25)26)21(29-22)7-6-16-11-18(31-2)13-19(12-16)32-3/h11-14,17H,8-10,15H2,1-3H3,(H,27,28,29)/t17-/m0/s1. The Labute approximate surface area is 185 Å². The smallest absolute Gasteiger partial charge is 0.420 e. The van der Waals surface area contributed by atoms with Crippen LogP contribution in [0.1, 0.15) is 30.2 Å². The molecule has 1 aliphatic heterocycles. The molecule has 2 heterocycles. The predicted molar refractivity (Wildman–Crippen MR) is 114 cm³/mol. The number of ether oxygens (including phenoxy) is 2. The van der Waals surface area contributed by atoms with E-state index in [1.54, 1.807) is 25.1 Å². The number of methoxy groups -OCH3 is 2. The van der Waals surface area contributed by atoms with Crippen molar-refractivity contribution in [3.63, 3.8) is 0 Å². The first kappa shape index (κ1) is 23.2. The van der Waals surface area contributed by atoms with Crippen molar-refractivity contribution in [2.45, 2.75) is 25.6 Å². The number of hydrogen-bond donors (Lipinski definition) is 1. The Kier molecular flexibility index (Phi) is 7.45. The zero-order chi connectivity index (χ0) is 23.1. The Bertz CT molecular complexity index is 1060. The highest BCUT2D eigenvalue weighted by Gasteiger charge is 2.35. The Morgan fingerprint density at radius 3 is 2.50 bits per heavy atom. The molecule has 0 radical (unpaired) electrons. The molecule has 1 aromatic carbocycles. The molecule has 168 valence electrons. The number of hydrogen-bond acceptors (Lipinski definition) is 6. The van der Waals surface area contributed by atoms with Gasteiger partial charge in [0.25, 0.3) is 0 Å². The van der Waals surface area contributed by atoms with E-state index in [4.69, 9.17) is 9.47 Å².